The molecule has 4 nitrogen and oxygen atoms in total. The predicted octanol–water partition coefficient (Wildman–Crippen LogP) is 2.44. The Morgan fingerprint density at radius 1 is 1.44 bits per heavy atom. The molecule has 1 unspecified atom stereocenters. The van der Waals surface area contributed by atoms with Crippen LogP contribution in [-0.4, -0.2) is 24.1 Å². The van der Waals surface area contributed by atoms with E-state index in [-0.39, 0.29) is 6.04 Å². The van der Waals surface area contributed by atoms with Crippen molar-refractivity contribution in [3.05, 3.63) is 40.5 Å². The molecule has 2 heterocycles. The zero-order valence-corrected chi connectivity index (χ0v) is 11.4. The molecule has 0 saturated carbocycles. The topological polar surface area (TPSA) is 47.0 Å². The molecule has 1 N–H and O–H groups in total. The van der Waals surface area contributed by atoms with Crippen LogP contribution in [0.15, 0.2) is 29.2 Å². The number of aromatic nitrogens is 2. The van der Waals surface area contributed by atoms with E-state index >= 15 is 0 Å². The number of rotatable bonds is 6. The molecule has 18 heavy (non-hydrogen) atoms. The Morgan fingerprint density at radius 2 is 2.33 bits per heavy atom. The molecule has 0 spiro atoms. The number of thiophene rings is 1. The normalized spacial score (nSPS) is 12.3. The smallest absolute Gasteiger partial charge is 0.216 e. The fourth-order valence-corrected chi connectivity index (χ4v) is 2.54. The van der Waals surface area contributed by atoms with Gasteiger partial charge in [0, 0.05) is 12.1 Å². The number of hydrogen-bond acceptors (Lipinski definition) is 5. The molecule has 1 atom stereocenters. The summed E-state index contributed by atoms with van der Waals surface area (Å²) in [6.45, 7) is 0. The Morgan fingerprint density at radius 3 is 3.00 bits per heavy atom. The molecule has 0 aromatic carbocycles. The van der Waals surface area contributed by atoms with Crippen molar-refractivity contribution in [1.29, 1.82) is 0 Å². The third-order valence-electron chi connectivity index (χ3n) is 2.88. The highest BCUT2D eigenvalue weighted by molar-refractivity contribution is 7.07. The van der Waals surface area contributed by atoms with E-state index in [0.717, 1.165) is 18.5 Å². The maximum Gasteiger partial charge on any atom is 0.216 e. The van der Waals surface area contributed by atoms with Gasteiger partial charge in [-0.3, -0.25) is 0 Å². The van der Waals surface area contributed by atoms with Crippen molar-refractivity contribution in [2.24, 2.45) is 0 Å². The Hall–Kier alpha value is -1.46. The van der Waals surface area contributed by atoms with Crippen LogP contribution in [-0.2, 0) is 6.42 Å². The van der Waals surface area contributed by atoms with Gasteiger partial charge < -0.3 is 10.1 Å². The van der Waals surface area contributed by atoms with Crippen LogP contribution < -0.4 is 10.1 Å². The maximum absolute atomic E-state index is 5.12. The number of aryl methyl sites for hydroxylation is 1. The Kier molecular flexibility index (Phi) is 4.66. The lowest BCUT2D eigenvalue weighted by Gasteiger charge is -2.15. The van der Waals surface area contributed by atoms with Crippen molar-refractivity contribution >= 4 is 11.3 Å². The van der Waals surface area contributed by atoms with E-state index in [1.807, 2.05) is 13.1 Å². The molecule has 0 saturated heterocycles. The van der Waals surface area contributed by atoms with Crippen LogP contribution in [0.25, 0.3) is 0 Å². The number of hydrogen-bond donors (Lipinski definition) is 1. The summed E-state index contributed by atoms with van der Waals surface area (Å²) in [6, 6.07) is 4.27. The second-order valence-electron chi connectivity index (χ2n) is 4.00. The maximum atomic E-state index is 5.12. The van der Waals surface area contributed by atoms with Gasteiger partial charge in [0.15, 0.2) is 0 Å². The summed E-state index contributed by atoms with van der Waals surface area (Å²) in [5, 5.41) is 7.59. The minimum absolute atomic E-state index is 0.224. The molecule has 2 rings (SSSR count). The predicted molar refractivity (Wildman–Crippen MR) is 73.0 cm³/mol. The lowest BCUT2D eigenvalue weighted by atomic mass is 10.0. The lowest BCUT2D eigenvalue weighted by Crippen LogP contribution is -2.18. The molecule has 2 aromatic heterocycles. The molecule has 0 aliphatic rings. The first-order valence-corrected chi connectivity index (χ1v) is 6.82. The summed E-state index contributed by atoms with van der Waals surface area (Å²) < 4.78 is 5.12. The molecular weight excluding hydrogens is 246 g/mol. The van der Waals surface area contributed by atoms with E-state index in [0.29, 0.717) is 5.88 Å². The van der Waals surface area contributed by atoms with Crippen LogP contribution in [0.3, 0.4) is 0 Å². The molecule has 0 radical (unpaired) electrons. The van der Waals surface area contributed by atoms with Gasteiger partial charge in [-0.1, -0.05) is 0 Å². The van der Waals surface area contributed by atoms with Gasteiger partial charge in [0.05, 0.1) is 12.8 Å². The van der Waals surface area contributed by atoms with E-state index in [1.54, 1.807) is 24.8 Å². The van der Waals surface area contributed by atoms with Gasteiger partial charge in [-0.15, -0.1) is 0 Å². The van der Waals surface area contributed by atoms with Crippen LogP contribution in [0.1, 0.15) is 23.7 Å². The average Bonchev–Trinajstić information content (AvgIpc) is 2.93. The Labute approximate surface area is 111 Å². The van der Waals surface area contributed by atoms with Gasteiger partial charge >= 0.3 is 0 Å². The highest BCUT2D eigenvalue weighted by atomic mass is 32.1. The average molecular weight is 263 g/mol. The molecule has 0 amide bonds. The van der Waals surface area contributed by atoms with Crippen LogP contribution in [0.2, 0.25) is 0 Å². The summed E-state index contributed by atoms with van der Waals surface area (Å²) in [6.07, 6.45) is 3.60. The molecular formula is C13H17N3OS. The number of ether oxygens (including phenoxy) is 1. The van der Waals surface area contributed by atoms with Gasteiger partial charge in [0.2, 0.25) is 5.88 Å². The van der Waals surface area contributed by atoms with Crippen molar-refractivity contribution in [3.63, 3.8) is 0 Å². The quantitative estimate of drug-likeness (QED) is 0.869. The fourth-order valence-electron chi connectivity index (χ4n) is 1.84. The SMILES string of the molecule is CNC(CCc1ccsc1)c1cc(OC)ncn1. The second kappa shape index (κ2) is 6.47. The Bertz CT molecular complexity index is 473. The standard InChI is InChI=1S/C13H17N3OS/c1-14-11(4-3-10-5-6-18-8-10)12-7-13(17-2)16-9-15-12/h5-9,11,14H,3-4H2,1-2H3. The van der Waals surface area contributed by atoms with E-state index < -0.39 is 0 Å². The van der Waals surface area contributed by atoms with Crippen LogP contribution >= 0.6 is 11.3 Å². The first kappa shape index (κ1) is 13.0. The molecule has 2 aromatic rings. The van der Waals surface area contributed by atoms with Crippen LogP contribution in [0, 0.1) is 0 Å². The molecule has 0 bridgehead atoms. The van der Waals surface area contributed by atoms with E-state index in [2.05, 4.69) is 32.1 Å². The lowest BCUT2D eigenvalue weighted by molar-refractivity contribution is 0.393. The zero-order chi connectivity index (χ0) is 12.8. The van der Waals surface area contributed by atoms with Gasteiger partial charge in [-0.2, -0.15) is 11.3 Å². The molecule has 0 aliphatic carbocycles. The van der Waals surface area contributed by atoms with Gasteiger partial charge in [0.25, 0.3) is 0 Å². The van der Waals surface area contributed by atoms with Crippen LogP contribution in [0.5, 0.6) is 5.88 Å². The minimum atomic E-state index is 0.224. The highest BCUT2D eigenvalue weighted by Gasteiger charge is 2.12. The minimum Gasteiger partial charge on any atom is -0.481 e. The largest absolute Gasteiger partial charge is 0.481 e. The first-order chi connectivity index (χ1) is 8.83. The van der Waals surface area contributed by atoms with Crippen molar-refractivity contribution in [1.82, 2.24) is 15.3 Å². The van der Waals surface area contributed by atoms with Gasteiger partial charge in [-0.25, -0.2) is 9.97 Å². The van der Waals surface area contributed by atoms with Crippen molar-refractivity contribution in [3.8, 4) is 5.88 Å². The van der Waals surface area contributed by atoms with Crippen molar-refractivity contribution in [2.45, 2.75) is 18.9 Å². The number of methoxy groups -OCH3 is 1. The van der Waals surface area contributed by atoms with E-state index in [4.69, 9.17) is 4.74 Å². The summed E-state index contributed by atoms with van der Waals surface area (Å²) in [4.78, 5) is 8.33. The van der Waals surface area contributed by atoms with E-state index in [1.165, 1.54) is 5.56 Å². The third kappa shape index (κ3) is 3.27. The van der Waals surface area contributed by atoms with Crippen molar-refractivity contribution < 1.29 is 4.74 Å². The number of nitrogens with zero attached hydrogens (tertiary/aromatic N) is 2. The first-order valence-electron chi connectivity index (χ1n) is 5.87. The Balaban J connectivity index is 2.03. The highest BCUT2D eigenvalue weighted by Crippen LogP contribution is 2.20. The number of nitrogens with one attached hydrogen (secondary N) is 1. The molecule has 0 fully saturated rings. The molecule has 0 aliphatic heterocycles. The van der Waals surface area contributed by atoms with Crippen molar-refractivity contribution in [2.75, 3.05) is 14.2 Å². The molecule has 5 heteroatoms. The summed E-state index contributed by atoms with van der Waals surface area (Å²) in [5.41, 5.74) is 2.35. The van der Waals surface area contributed by atoms with E-state index in [9.17, 15) is 0 Å². The summed E-state index contributed by atoms with van der Waals surface area (Å²) >= 11 is 1.73. The zero-order valence-electron chi connectivity index (χ0n) is 10.6. The van der Waals surface area contributed by atoms with Gasteiger partial charge in [0.1, 0.15) is 6.33 Å². The monoisotopic (exact) mass is 263 g/mol. The van der Waals surface area contributed by atoms with Gasteiger partial charge in [-0.05, 0) is 42.3 Å². The summed E-state index contributed by atoms with van der Waals surface area (Å²) in [5.74, 6) is 0.607. The fraction of sp³-hybridized carbons (Fsp3) is 0.385. The second-order valence-corrected chi connectivity index (χ2v) is 4.78. The molecule has 96 valence electrons. The van der Waals surface area contributed by atoms with Crippen LogP contribution in [0.4, 0.5) is 0 Å². The third-order valence-corrected chi connectivity index (χ3v) is 3.61. The summed E-state index contributed by atoms with van der Waals surface area (Å²) in [7, 11) is 3.57.